The number of fused-ring (bicyclic) bond motifs is 1. The van der Waals surface area contributed by atoms with Crippen molar-refractivity contribution in [1.82, 2.24) is 0 Å². The molecule has 2 aliphatic carbocycles. The average Bonchev–Trinajstić information content (AvgIpc) is 2.90. The molecule has 1 aromatic rings. The largest absolute Gasteiger partial charge is 0.327 e. The van der Waals surface area contributed by atoms with Gasteiger partial charge in [-0.25, -0.2) is 0 Å². The summed E-state index contributed by atoms with van der Waals surface area (Å²) < 4.78 is 0. The van der Waals surface area contributed by atoms with Crippen molar-refractivity contribution < 1.29 is 0 Å². The van der Waals surface area contributed by atoms with E-state index in [1.807, 2.05) is 0 Å². The van der Waals surface area contributed by atoms with Crippen LogP contribution in [0, 0.1) is 17.8 Å². The monoisotopic (exact) mass is 257 g/mol. The number of hydrogen-bond acceptors (Lipinski definition) is 1. The summed E-state index contributed by atoms with van der Waals surface area (Å²) in [6, 6.07) is 9.33. The molecule has 0 heterocycles. The van der Waals surface area contributed by atoms with Crippen molar-refractivity contribution in [3.05, 3.63) is 35.4 Å². The molecule has 1 saturated carbocycles. The van der Waals surface area contributed by atoms with E-state index in [1.54, 1.807) is 11.1 Å². The highest BCUT2D eigenvalue weighted by Crippen LogP contribution is 2.37. The van der Waals surface area contributed by atoms with E-state index in [9.17, 15) is 0 Å². The van der Waals surface area contributed by atoms with Crippen LogP contribution in [-0.2, 0) is 12.8 Å². The van der Waals surface area contributed by atoms with Crippen LogP contribution in [0.1, 0.15) is 50.2 Å². The van der Waals surface area contributed by atoms with Crippen LogP contribution >= 0.6 is 0 Å². The van der Waals surface area contributed by atoms with Gasteiger partial charge in [0.1, 0.15) is 0 Å². The van der Waals surface area contributed by atoms with Crippen molar-refractivity contribution in [2.24, 2.45) is 23.5 Å². The maximum Gasteiger partial charge on any atom is 0.0102 e. The van der Waals surface area contributed by atoms with Gasteiger partial charge in [-0.2, -0.15) is 0 Å². The van der Waals surface area contributed by atoms with E-state index in [1.165, 1.54) is 44.9 Å². The summed E-state index contributed by atoms with van der Waals surface area (Å²) in [6.45, 7) is 2.34. The third kappa shape index (κ3) is 2.72. The van der Waals surface area contributed by atoms with E-state index in [0.717, 1.165) is 11.8 Å². The number of nitrogens with two attached hydrogens (primary N) is 1. The molecule has 19 heavy (non-hydrogen) atoms. The topological polar surface area (TPSA) is 26.0 Å². The zero-order chi connectivity index (χ0) is 13.2. The molecule has 0 aromatic heterocycles. The van der Waals surface area contributed by atoms with Gasteiger partial charge in [0.2, 0.25) is 0 Å². The summed E-state index contributed by atoms with van der Waals surface area (Å²) in [6.07, 6.45) is 9.35. The Balaban J connectivity index is 1.64. The van der Waals surface area contributed by atoms with Crippen LogP contribution in [0.25, 0.3) is 0 Å². The van der Waals surface area contributed by atoms with E-state index < -0.39 is 0 Å². The maximum atomic E-state index is 6.65. The summed E-state index contributed by atoms with van der Waals surface area (Å²) in [5.41, 5.74) is 9.74. The predicted molar refractivity (Wildman–Crippen MR) is 81.1 cm³/mol. The van der Waals surface area contributed by atoms with Gasteiger partial charge in [0.25, 0.3) is 0 Å². The first kappa shape index (κ1) is 13.2. The lowest BCUT2D eigenvalue weighted by Crippen LogP contribution is -2.40. The fourth-order valence-electron chi connectivity index (χ4n) is 4.30. The molecular weight excluding hydrogens is 230 g/mol. The highest BCUT2D eigenvalue weighted by Gasteiger charge is 2.33. The van der Waals surface area contributed by atoms with Gasteiger partial charge < -0.3 is 5.73 Å². The Morgan fingerprint density at radius 1 is 1.11 bits per heavy atom. The van der Waals surface area contributed by atoms with Crippen LogP contribution in [0.3, 0.4) is 0 Å². The molecule has 1 aromatic carbocycles. The summed E-state index contributed by atoms with van der Waals surface area (Å²) in [7, 11) is 0. The van der Waals surface area contributed by atoms with Crippen molar-refractivity contribution in [2.45, 2.75) is 57.9 Å². The molecule has 0 radical (unpaired) electrons. The van der Waals surface area contributed by atoms with Gasteiger partial charge >= 0.3 is 0 Å². The molecule has 1 nitrogen and oxygen atoms in total. The minimum absolute atomic E-state index is 0.418. The quantitative estimate of drug-likeness (QED) is 0.872. The first-order valence-corrected chi connectivity index (χ1v) is 8.10. The van der Waals surface area contributed by atoms with Crippen molar-refractivity contribution >= 4 is 0 Å². The summed E-state index contributed by atoms with van der Waals surface area (Å²) in [5, 5.41) is 0. The zero-order valence-corrected chi connectivity index (χ0v) is 12.1. The standard InChI is InChI=1S/C18H27N/c1-2-13-6-5-9-16(10-13)18(19)17-11-14-7-3-4-8-15(14)12-17/h3-4,7-8,13,16-18H,2,5-6,9-12,19H2,1H3. The molecule has 3 atom stereocenters. The van der Waals surface area contributed by atoms with Crippen molar-refractivity contribution in [3.8, 4) is 0 Å². The van der Waals surface area contributed by atoms with E-state index in [2.05, 4.69) is 31.2 Å². The zero-order valence-electron chi connectivity index (χ0n) is 12.1. The molecule has 0 amide bonds. The maximum absolute atomic E-state index is 6.65. The molecular formula is C18H27N. The van der Waals surface area contributed by atoms with Gasteiger partial charge in [0.15, 0.2) is 0 Å². The Morgan fingerprint density at radius 2 is 1.79 bits per heavy atom. The third-order valence-electron chi connectivity index (χ3n) is 5.57. The highest BCUT2D eigenvalue weighted by atomic mass is 14.7. The summed E-state index contributed by atoms with van der Waals surface area (Å²) in [4.78, 5) is 0. The third-order valence-corrected chi connectivity index (χ3v) is 5.57. The van der Waals surface area contributed by atoms with E-state index in [-0.39, 0.29) is 0 Å². The molecule has 3 rings (SSSR count). The molecule has 1 fully saturated rings. The minimum Gasteiger partial charge on any atom is -0.327 e. The fraction of sp³-hybridized carbons (Fsp3) is 0.667. The van der Waals surface area contributed by atoms with Crippen LogP contribution < -0.4 is 5.73 Å². The van der Waals surface area contributed by atoms with E-state index in [0.29, 0.717) is 12.0 Å². The molecule has 104 valence electrons. The first-order chi connectivity index (χ1) is 9.28. The second kappa shape index (κ2) is 5.66. The molecule has 0 aliphatic heterocycles. The van der Waals surface area contributed by atoms with E-state index >= 15 is 0 Å². The van der Waals surface area contributed by atoms with Gasteiger partial charge in [0, 0.05) is 6.04 Å². The lowest BCUT2D eigenvalue weighted by atomic mass is 9.73. The predicted octanol–water partition coefficient (Wildman–Crippen LogP) is 3.95. The summed E-state index contributed by atoms with van der Waals surface area (Å²) >= 11 is 0. The molecule has 3 unspecified atom stereocenters. The van der Waals surface area contributed by atoms with Gasteiger partial charge in [-0.1, -0.05) is 50.5 Å². The van der Waals surface area contributed by atoms with Crippen LogP contribution in [0.4, 0.5) is 0 Å². The van der Waals surface area contributed by atoms with Crippen LogP contribution in [0.15, 0.2) is 24.3 Å². The molecule has 0 bridgehead atoms. The Labute approximate surface area is 117 Å². The Bertz CT molecular complexity index is 400. The van der Waals surface area contributed by atoms with Crippen molar-refractivity contribution in [1.29, 1.82) is 0 Å². The number of benzene rings is 1. The summed E-state index contributed by atoms with van der Waals surface area (Å²) in [5.74, 6) is 2.41. The van der Waals surface area contributed by atoms with Gasteiger partial charge in [-0.3, -0.25) is 0 Å². The Morgan fingerprint density at radius 3 is 2.42 bits per heavy atom. The molecule has 2 N–H and O–H groups in total. The number of rotatable bonds is 3. The van der Waals surface area contributed by atoms with Crippen LogP contribution in [-0.4, -0.2) is 6.04 Å². The van der Waals surface area contributed by atoms with Crippen LogP contribution in [0.2, 0.25) is 0 Å². The van der Waals surface area contributed by atoms with E-state index in [4.69, 9.17) is 5.73 Å². The van der Waals surface area contributed by atoms with Gasteiger partial charge in [-0.05, 0) is 54.6 Å². The average molecular weight is 257 g/mol. The normalized spacial score (nSPS) is 29.2. The molecule has 0 spiro atoms. The lowest BCUT2D eigenvalue weighted by molar-refractivity contribution is 0.196. The van der Waals surface area contributed by atoms with Gasteiger partial charge in [-0.15, -0.1) is 0 Å². The Kier molecular flexibility index (Phi) is 3.93. The second-order valence-electron chi connectivity index (χ2n) is 6.72. The second-order valence-corrected chi connectivity index (χ2v) is 6.72. The number of hydrogen-bond donors (Lipinski definition) is 1. The minimum atomic E-state index is 0.418. The van der Waals surface area contributed by atoms with Crippen molar-refractivity contribution in [2.75, 3.05) is 0 Å². The SMILES string of the molecule is CCC1CCCC(C(N)C2Cc3ccccc3C2)C1. The lowest BCUT2D eigenvalue weighted by Gasteiger charge is -2.35. The molecule has 0 saturated heterocycles. The van der Waals surface area contributed by atoms with Gasteiger partial charge in [0.05, 0.1) is 0 Å². The molecule has 1 heteroatoms. The van der Waals surface area contributed by atoms with Crippen molar-refractivity contribution in [3.63, 3.8) is 0 Å². The Hall–Kier alpha value is -0.820. The van der Waals surface area contributed by atoms with Crippen LogP contribution in [0.5, 0.6) is 0 Å². The fourth-order valence-corrected chi connectivity index (χ4v) is 4.30. The first-order valence-electron chi connectivity index (χ1n) is 8.10. The highest BCUT2D eigenvalue weighted by molar-refractivity contribution is 5.32. The molecule has 2 aliphatic rings. The smallest absolute Gasteiger partial charge is 0.0102 e.